The highest BCUT2D eigenvalue weighted by Crippen LogP contribution is 2.04. The summed E-state index contributed by atoms with van der Waals surface area (Å²) in [7, 11) is 0. The Hall–Kier alpha value is -1.89. The zero-order valence-electron chi connectivity index (χ0n) is 15.4. The molecule has 5 atom stereocenters. The molecule has 0 spiro atoms. The molecule has 156 valence electrons. The number of carbonyl (C=O) groups excluding carboxylic acids is 3. The van der Waals surface area contributed by atoms with E-state index in [1.807, 2.05) is 0 Å². The first-order valence-corrected chi connectivity index (χ1v) is 8.88. The van der Waals surface area contributed by atoms with Gasteiger partial charge in [0.2, 0.25) is 17.7 Å². The fourth-order valence-electron chi connectivity index (χ4n) is 1.97. The first kappa shape index (κ1) is 25.1. The summed E-state index contributed by atoms with van der Waals surface area (Å²) < 4.78 is 0. The van der Waals surface area contributed by atoms with E-state index < -0.39 is 66.5 Å². The van der Waals surface area contributed by atoms with Gasteiger partial charge in [0, 0.05) is 5.75 Å². The maximum atomic E-state index is 12.3. The Labute approximate surface area is 162 Å². The van der Waals surface area contributed by atoms with E-state index in [2.05, 4.69) is 28.6 Å². The zero-order chi connectivity index (χ0) is 21.3. The molecule has 8 N–H and O–H groups in total. The third kappa shape index (κ3) is 8.12. The third-order valence-corrected chi connectivity index (χ3v) is 4.04. The lowest BCUT2D eigenvalue weighted by Crippen LogP contribution is -2.61. The van der Waals surface area contributed by atoms with Crippen molar-refractivity contribution in [2.24, 2.45) is 11.7 Å². The number of rotatable bonds is 11. The van der Waals surface area contributed by atoms with Gasteiger partial charge in [-0.3, -0.25) is 14.4 Å². The molecule has 27 heavy (non-hydrogen) atoms. The van der Waals surface area contributed by atoms with Gasteiger partial charge in [-0.15, -0.1) is 0 Å². The van der Waals surface area contributed by atoms with Crippen LogP contribution in [0.5, 0.6) is 0 Å². The van der Waals surface area contributed by atoms with Crippen LogP contribution in [0.25, 0.3) is 0 Å². The normalized spacial score (nSPS) is 16.6. The Morgan fingerprint density at radius 1 is 0.963 bits per heavy atom. The lowest BCUT2D eigenvalue weighted by Gasteiger charge is -2.26. The Kier molecular flexibility index (Phi) is 10.9. The molecule has 0 aliphatic heterocycles. The van der Waals surface area contributed by atoms with Gasteiger partial charge in [-0.25, -0.2) is 4.79 Å². The number of nitrogens with two attached hydrogens (primary N) is 1. The number of hydrogen-bond acceptors (Lipinski definition) is 8. The van der Waals surface area contributed by atoms with Crippen molar-refractivity contribution in [1.29, 1.82) is 0 Å². The number of carbonyl (C=O) groups is 4. The maximum absolute atomic E-state index is 12.3. The molecular formula is C15H28N4O7S. The highest BCUT2D eigenvalue weighted by molar-refractivity contribution is 7.80. The number of thiol groups is 1. The lowest BCUT2D eigenvalue weighted by molar-refractivity contribution is -0.144. The second-order valence-electron chi connectivity index (χ2n) is 6.33. The minimum Gasteiger partial charge on any atom is -0.480 e. The van der Waals surface area contributed by atoms with E-state index in [0.29, 0.717) is 0 Å². The predicted molar refractivity (Wildman–Crippen MR) is 98.9 cm³/mol. The summed E-state index contributed by atoms with van der Waals surface area (Å²) in [5.41, 5.74) is 5.47. The van der Waals surface area contributed by atoms with E-state index in [4.69, 9.17) is 10.8 Å². The van der Waals surface area contributed by atoms with Gasteiger partial charge in [-0.1, -0.05) is 13.8 Å². The van der Waals surface area contributed by atoms with Gasteiger partial charge >= 0.3 is 5.97 Å². The topological polar surface area (TPSA) is 191 Å². The van der Waals surface area contributed by atoms with Crippen molar-refractivity contribution in [3.63, 3.8) is 0 Å². The van der Waals surface area contributed by atoms with Crippen LogP contribution in [0.4, 0.5) is 0 Å². The minimum atomic E-state index is -1.50. The Morgan fingerprint density at radius 2 is 1.48 bits per heavy atom. The van der Waals surface area contributed by atoms with E-state index in [0.717, 1.165) is 0 Å². The van der Waals surface area contributed by atoms with Crippen LogP contribution >= 0.6 is 12.6 Å². The molecule has 0 aliphatic carbocycles. The number of carboxylic acid groups (broad SMARTS) is 1. The van der Waals surface area contributed by atoms with E-state index in [-0.39, 0.29) is 5.75 Å². The molecule has 0 heterocycles. The molecule has 0 fully saturated rings. The average molecular weight is 408 g/mol. The standard InChI is InChI=1S/C15H28N4O7S/c1-6(2)10(15(25)26)18-14(24)11(7(3)21)19-13(23)9(4-20)17-12(22)8(16)5-27/h6-11,20-21,27H,4-5,16H2,1-3H3,(H,17,22)(H,18,24)(H,19,23)(H,25,26). The maximum Gasteiger partial charge on any atom is 0.326 e. The summed E-state index contributed by atoms with van der Waals surface area (Å²) in [5, 5.41) is 34.8. The fourth-order valence-corrected chi connectivity index (χ4v) is 2.14. The smallest absolute Gasteiger partial charge is 0.326 e. The molecule has 0 radical (unpaired) electrons. The van der Waals surface area contributed by atoms with E-state index >= 15 is 0 Å². The average Bonchev–Trinajstić information content (AvgIpc) is 2.59. The predicted octanol–water partition coefficient (Wildman–Crippen LogP) is -3.19. The quantitative estimate of drug-likeness (QED) is 0.164. The second-order valence-corrected chi connectivity index (χ2v) is 6.69. The molecule has 0 aromatic carbocycles. The monoisotopic (exact) mass is 408 g/mol. The number of amides is 3. The summed E-state index contributed by atoms with van der Waals surface area (Å²) in [6, 6.07) is -5.15. The number of hydrogen-bond donors (Lipinski definition) is 8. The first-order chi connectivity index (χ1) is 12.5. The third-order valence-electron chi connectivity index (χ3n) is 3.64. The zero-order valence-corrected chi connectivity index (χ0v) is 16.3. The van der Waals surface area contributed by atoms with Crippen LogP contribution in [-0.4, -0.2) is 81.6 Å². The number of aliphatic hydroxyl groups excluding tert-OH is 2. The Morgan fingerprint density at radius 3 is 1.85 bits per heavy atom. The van der Waals surface area contributed by atoms with Crippen LogP contribution in [0.15, 0.2) is 0 Å². The number of aliphatic hydroxyl groups is 2. The van der Waals surface area contributed by atoms with E-state index in [1.54, 1.807) is 13.8 Å². The highest BCUT2D eigenvalue weighted by atomic mass is 32.1. The van der Waals surface area contributed by atoms with Gasteiger partial charge in [0.15, 0.2) is 0 Å². The summed E-state index contributed by atoms with van der Waals surface area (Å²) >= 11 is 3.85. The van der Waals surface area contributed by atoms with Gasteiger partial charge in [-0.05, 0) is 12.8 Å². The molecule has 5 unspecified atom stereocenters. The number of aliphatic carboxylic acids is 1. The van der Waals surface area contributed by atoms with Crippen molar-refractivity contribution in [1.82, 2.24) is 16.0 Å². The molecule has 12 heteroatoms. The number of carboxylic acids is 1. The molecule has 11 nitrogen and oxygen atoms in total. The molecular weight excluding hydrogens is 380 g/mol. The fraction of sp³-hybridized carbons (Fsp3) is 0.733. The van der Waals surface area contributed by atoms with Crippen molar-refractivity contribution in [2.45, 2.75) is 51.0 Å². The number of nitrogens with one attached hydrogen (secondary N) is 3. The largest absolute Gasteiger partial charge is 0.480 e. The highest BCUT2D eigenvalue weighted by Gasteiger charge is 2.33. The van der Waals surface area contributed by atoms with Crippen LogP contribution in [-0.2, 0) is 19.2 Å². The Bertz CT molecular complexity index is 544. The molecule has 0 aromatic rings. The molecule has 0 bridgehead atoms. The summed E-state index contributed by atoms with van der Waals surface area (Å²) in [6.45, 7) is 3.60. The van der Waals surface area contributed by atoms with Crippen LogP contribution < -0.4 is 21.7 Å². The van der Waals surface area contributed by atoms with Crippen molar-refractivity contribution in [3.05, 3.63) is 0 Å². The van der Waals surface area contributed by atoms with Gasteiger partial charge < -0.3 is 37.0 Å². The molecule has 0 aromatic heterocycles. The first-order valence-electron chi connectivity index (χ1n) is 8.25. The van der Waals surface area contributed by atoms with Crippen molar-refractivity contribution < 1.29 is 34.5 Å². The molecule has 0 saturated heterocycles. The second kappa shape index (κ2) is 11.7. The SMILES string of the molecule is CC(C)C(NC(=O)C(NC(=O)C(CO)NC(=O)C(N)CS)C(C)O)C(=O)O. The van der Waals surface area contributed by atoms with Gasteiger partial charge in [0.05, 0.1) is 18.8 Å². The van der Waals surface area contributed by atoms with Crippen LogP contribution in [0.1, 0.15) is 20.8 Å². The lowest BCUT2D eigenvalue weighted by atomic mass is 10.0. The summed E-state index contributed by atoms with van der Waals surface area (Å²) in [6.07, 6.45) is -1.37. The van der Waals surface area contributed by atoms with Crippen molar-refractivity contribution in [3.8, 4) is 0 Å². The molecule has 0 rings (SSSR count). The van der Waals surface area contributed by atoms with Crippen molar-refractivity contribution in [2.75, 3.05) is 12.4 Å². The molecule has 3 amide bonds. The van der Waals surface area contributed by atoms with E-state index in [9.17, 15) is 29.4 Å². The van der Waals surface area contributed by atoms with Crippen LogP contribution in [0.2, 0.25) is 0 Å². The Balaban J connectivity index is 5.16. The molecule has 0 saturated carbocycles. The molecule has 0 aliphatic rings. The van der Waals surface area contributed by atoms with Gasteiger partial charge in [-0.2, -0.15) is 12.6 Å². The summed E-state index contributed by atoms with van der Waals surface area (Å²) in [5.74, 6) is -4.30. The van der Waals surface area contributed by atoms with Gasteiger partial charge in [0.1, 0.15) is 18.1 Å². The van der Waals surface area contributed by atoms with Crippen LogP contribution in [0.3, 0.4) is 0 Å². The van der Waals surface area contributed by atoms with Gasteiger partial charge in [0.25, 0.3) is 0 Å². The van der Waals surface area contributed by atoms with Crippen molar-refractivity contribution >= 4 is 36.3 Å². The summed E-state index contributed by atoms with van der Waals surface area (Å²) in [4.78, 5) is 47.5. The van der Waals surface area contributed by atoms with Crippen LogP contribution in [0, 0.1) is 5.92 Å². The van der Waals surface area contributed by atoms with E-state index in [1.165, 1.54) is 6.92 Å². The minimum absolute atomic E-state index is 0.0100.